The average molecular weight is 539 g/mol. The number of rotatable bonds is 4. The van der Waals surface area contributed by atoms with Crippen molar-refractivity contribution in [3.05, 3.63) is 80.9 Å². The number of fused-ring (bicyclic) bond motifs is 2. The zero-order valence-corrected chi connectivity index (χ0v) is 23.7. The highest BCUT2D eigenvalue weighted by Gasteiger charge is 2.45. The van der Waals surface area contributed by atoms with Crippen LogP contribution in [-0.2, 0) is 13.1 Å². The third kappa shape index (κ3) is 3.98. The Morgan fingerprint density at radius 2 is 1.37 bits per heavy atom. The first-order valence-corrected chi connectivity index (χ1v) is 12.0. The van der Waals surface area contributed by atoms with E-state index < -0.39 is 0 Å². The van der Waals surface area contributed by atoms with Crippen molar-refractivity contribution in [1.82, 2.24) is 0 Å². The molecule has 5 heteroatoms. The molecule has 4 nitrogen and oxygen atoms in total. The quantitative estimate of drug-likeness (QED) is 0.348. The smallest absolute Gasteiger partial charge is 0.161 e. The van der Waals surface area contributed by atoms with Crippen LogP contribution in [0.2, 0.25) is 0 Å². The van der Waals surface area contributed by atoms with Crippen LogP contribution >= 0.6 is 17.0 Å². The molecule has 3 aromatic carbocycles. The van der Waals surface area contributed by atoms with Crippen LogP contribution in [0, 0.1) is 27.7 Å². The van der Waals surface area contributed by atoms with E-state index in [4.69, 9.17) is 14.2 Å². The molecule has 186 valence electrons. The lowest BCUT2D eigenvalue weighted by atomic mass is 9.78. The van der Waals surface area contributed by atoms with E-state index >= 15 is 0 Å². The Labute approximate surface area is 220 Å². The highest BCUT2D eigenvalue weighted by Crippen LogP contribution is 2.54. The Balaban J connectivity index is 0.00000289. The van der Waals surface area contributed by atoms with Gasteiger partial charge in [-0.3, -0.25) is 0 Å². The van der Waals surface area contributed by atoms with E-state index in [1.165, 1.54) is 50.2 Å². The van der Waals surface area contributed by atoms with Crippen LogP contribution in [0.3, 0.4) is 0 Å². The number of hydrogen-bond donors (Lipinski definition) is 0. The molecular formula is C30H36BrNO3. The van der Waals surface area contributed by atoms with Gasteiger partial charge >= 0.3 is 0 Å². The zero-order valence-electron chi connectivity index (χ0n) is 22.0. The van der Waals surface area contributed by atoms with E-state index in [-0.39, 0.29) is 28.5 Å². The Morgan fingerprint density at radius 3 is 1.89 bits per heavy atom. The molecule has 0 aromatic heterocycles. The van der Waals surface area contributed by atoms with E-state index in [0.29, 0.717) is 0 Å². The van der Waals surface area contributed by atoms with Crippen LogP contribution in [0.5, 0.6) is 17.2 Å². The third-order valence-electron chi connectivity index (χ3n) is 7.77. The van der Waals surface area contributed by atoms with Crippen LogP contribution < -0.4 is 19.1 Å². The summed E-state index contributed by atoms with van der Waals surface area (Å²) < 4.78 is 17.8. The van der Waals surface area contributed by atoms with Gasteiger partial charge in [0.05, 0.1) is 20.1 Å². The molecule has 2 aliphatic heterocycles. The second-order valence-electron chi connectivity index (χ2n) is 10.3. The number of anilines is 1. The Kier molecular flexibility index (Phi) is 6.60. The number of nitrogens with zero attached hydrogens (tertiary/aromatic N) is 1. The van der Waals surface area contributed by atoms with Crippen LogP contribution in [-0.4, -0.2) is 19.8 Å². The minimum absolute atomic E-state index is 0. The predicted molar refractivity (Wildman–Crippen MR) is 148 cm³/mol. The molecule has 2 heterocycles. The number of aryl methyl sites for hydroxylation is 1. The molecule has 0 spiro atoms. The highest BCUT2D eigenvalue weighted by molar-refractivity contribution is 8.93. The summed E-state index contributed by atoms with van der Waals surface area (Å²) in [7, 11) is 3.39. The first-order chi connectivity index (χ1) is 16.2. The summed E-state index contributed by atoms with van der Waals surface area (Å²) in [6.45, 7) is 15.0. The van der Waals surface area contributed by atoms with Crippen molar-refractivity contribution in [2.45, 2.75) is 66.2 Å². The van der Waals surface area contributed by atoms with Gasteiger partial charge in [-0.25, -0.2) is 0 Å². The van der Waals surface area contributed by atoms with E-state index in [1.54, 1.807) is 14.2 Å². The molecule has 35 heavy (non-hydrogen) atoms. The minimum Gasteiger partial charge on any atom is -0.493 e. The van der Waals surface area contributed by atoms with Crippen LogP contribution in [0.15, 0.2) is 36.4 Å². The summed E-state index contributed by atoms with van der Waals surface area (Å²) in [4.78, 5) is 2.50. The average Bonchev–Trinajstić information content (AvgIpc) is 3.34. The lowest BCUT2D eigenvalue weighted by Crippen LogP contribution is -2.31. The monoisotopic (exact) mass is 537 g/mol. The van der Waals surface area contributed by atoms with E-state index in [9.17, 15) is 0 Å². The maximum atomic E-state index is 6.67. The van der Waals surface area contributed by atoms with E-state index in [1.807, 2.05) is 0 Å². The van der Waals surface area contributed by atoms with Crippen molar-refractivity contribution >= 4 is 22.7 Å². The minimum atomic E-state index is -0.313. The van der Waals surface area contributed by atoms with Crippen LogP contribution in [0.4, 0.5) is 5.69 Å². The third-order valence-corrected chi connectivity index (χ3v) is 7.77. The van der Waals surface area contributed by atoms with Crippen molar-refractivity contribution in [3.8, 4) is 17.2 Å². The second-order valence-corrected chi connectivity index (χ2v) is 10.3. The molecule has 3 aromatic rings. The molecule has 0 N–H and O–H groups in total. The molecular weight excluding hydrogens is 502 g/mol. The number of ether oxygens (including phenoxy) is 3. The van der Waals surface area contributed by atoms with Gasteiger partial charge in [-0.15, -0.1) is 17.0 Å². The van der Waals surface area contributed by atoms with Crippen molar-refractivity contribution in [2.75, 3.05) is 19.1 Å². The Bertz CT molecular complexity index is 1250. The SMILES string of the molecule is Br.COc1cc2c(cc1OC)CN(c1c(C)c(C)c3c(c1C)C(c1ccc(C)cc1)C(C)(C)O3)C2. The summed E-state index contributed by atoms with van der Waals surface area (Å²) in [6.07, 6.45) is 0. The fourth-order valence-corrected chi connectivity index (χ4v) is 5.96. The molecule has 0 saturated carbocycles. The van der Waals surface area contributed by atoms with Crippen molar-refractivity contribution in [3.63, 3.8) is 0 Å². The molecule has 0 fully saturated rings. The largest absolute Gasteiger partial charge is 0.493 e. The number of hydrogen-bond acceptors (Lipinski definition) is 4. The molecule has 0 amide bonds. The molecule has 2 aliphatic rings. The maximum absolute atomic E-state index is 6.67. The van der Waals surface area contributed by atoms with Gasteiger partial charge < -0.3 is 19.1 Å². The van der Waals surface area contributed by atoms with Crippen LogP contribution in [0.1, 0.15) is 64.3 Å². The maximum Gasteiger partial charge on any atom is 0.161 e. The van der Waals surface area contributed by atoms with Crippen molar-refractivity contribution in [2.24, 2.45) is 0 Å². The Hall–Kier alpha value is -2.66. The normalized spacial score (nSPS) is 17.4. The van der Waals surface area contributed by atoms with Gasteiger partial charge in [0.15, 0.2) is 11.5 Å². The topological polar surface area (TPSA) is 30.9 Å². The predicted octanol–water partition coefficient (Wildman–Crippen LogP) is 7.34. The number of halogens is 1. The fraction of sp³-hybridized carbons (Fsp3) is 0.400. The summed E-state index contributed by atoms with van der Waals surface area (Å²) in [6, 6.07) is 13.2. The summed E-state index contributed by atoms with van der Waals surface area (Å²) in [5, 5.41) is 0. The van der Waals surface area contributed by atoms with Crippen molar-refractivity contribution < 1.29 is 14.2 Å². The van der Waals surface area contributed by atoms with Gasteiger partial charge in [0.1, 0.15) is 11.4 Å². The fourth-order valence-electron chi connectivity index (χ4n) is 5.96. The zero-order chi connectivity index (χ0) is 24.4. The van der Waals surface area contributed by atoms with Crippen LogP contribution in [0.25, 0.3) is 0 Å². The van der Waals surface area contributed by atoms with Gasteiger partial charge in [0.25, 0.3) is 0 Å². The van der Waals surface area contributed by atoms with Gasteiger partial charge in [-0.05, 0) is 87.1 Å². The standard InChI is InChI=1S/C30H35NO3.BrH/c1-17-9-11-21(12-10-17)27-26-20(4)28(18(2)19(3)29(26)34-30(27,5)6)31-15-22-13-24(32-7)25(33-8)14-23(22)16-31;/h9-14,27H,15-16H2,1-8H3;1H. The highest BCUT2D eigenvalue weighted by atomic mass is 79.9. The first kappa shape index (κ1) is 25.4. The van der Waals surface area contributed by atoms with Gasteiger partial charge in [-0.2, -0.15) is 0 Å². The van der Waals surface area contributed by atoms with Gasteiger partial charge in [0.2, 0.25) is 0 Å². The summed E-state index contributed by atoms with van der Waals surface area (Å²) in [5.74, 6) is 2.83. The molecule has 0 radical (unpaired) electrons. The summed E-state index contributed by atoms with van der Waals surface area (Å²) >= 11 is 0. The molecule has 1 atom stereocenters. The lowest BCUT2D eigenvalue weighted by molar-refractivity contribution is 0.121. The van der Waals surface area contributed by atoms with E-state index in [2.05, 4.69) is 82.8 Å². The first-order valence-electron chi connectivity index (χ1n) is 12.0. The van der Waals surface area contributed by atoms with Crippen molar-refractivity contribution in [1.29, 1.82) is 0 Å². The molecule has 1 unspecified atom stereocenters. The number of methoxy groups -OCH3 is 2. The molecule has 0 aliphatic carbocycles. The molecule has 0 bridgehead atoms. The Morgan fingerprint density at radius 1 is 0.829 bits per heavy atom. The van der Waals surface area contributed by atoms with E-state index in [0.717, 1.165) is 30.3 Å². The molecule has 5 rings (SSSR count). The lowest BCUT2D eigenvalue weighted by Gasteiger charge is -2.28. The molecule has 0 saturated heterocycles. The summed E-state index contributed by atoms with van der Waals surface area (Å²) in [5.41, 5.74) is 11.4. The second kappa shape index (κ2) is 9.09. The van der Waals surface area contributed by atoms with Gasteiger partial charge in [0, 0.05) is 24.3 Å². The number of benzene rings is 3. The van der Waals surface area contributed by atoms with Gasteiger partial charge in [-0.1, -0.05) is 29.8 Å².